The van der Waals surface area contributed by atoms with Crippen LogP contribution in [0.3, 0.4) is 0 Å². The summed E-state index contributed by atoms with van der Waals surface area (Å²) in [6.07, 6.45) is 7.84. The van der Waals surface area contributed by atoms with E-state index in [1.165, 1.54) is 19.3 Å². The van der Waals surface area contributed by atoms with E-state index < -0.39 is 0 Å². The predicted molar refractivity (Wildman–Crippen MR) is 77.3 cm³/mol. The first-order valence-corrected chi connectivity index (χ1v) is 6.96. The molecule has 0 radical (unpaired) electrons. The van der Waals surface area contributed by atoms with Crippen LogP contribution in [0.15, 0.2) is 30.5 Å². The summed E-state index contributed by atoms with van der Waals surface area (Å²) in [6.45, 7) is 0. The van der Waals surface area contributed by atoms with Crippen LogP contribution in [0, 0.1) is 0 Å². The third kappa shape index (κ3) is 2.89. The number of aromatic nitrogens is 1. The van der Waals surface area contributed by atoms with E-state index in [0.29, 0.717) is 6.04 Å². The van der Waals surface area contributed by atoms with Crippen molar-refractivity contribution in [3.05, 3.63) is 30.5 Å². The van der Waals surface area contributed by atoms with Gasteiger partial charge in [-0.25, -0.2) is 4.79 Å². The number of aromatic amines is 1. The second-order valence-corrected chi connectivity index (χ2v) is 5.21. The Morgan fingerprint density at radius 2 is 2.00 bits per heavy atom. The topological polar surface area (TPSA) is 56.9 Å². The molecule has 4 heteroatoms. The molecule has 1 saturated carbocycles. The molecule has 3 N–H and O–H groups in total. The Bertz CT molecular complexity index is 570. The Balaban J connectivity index is 1.61. The quantitative estimate of drug-likeness (QED) is 0.756. The van der Waals surface area contributed by atoms with Crippen LogP contribution in [0.4, 0.5) is 10.5 Å². The summed E-state index contributed by atoms with van der Waals surface area (Å²) in [7, 11) is 0. The van der Waals surface area contributed by atoms with Gasteiger partial charge in [0.15, 0.2) is 0 Å². The van der Waals surface area contributed by atoms with Crippen molar-refractivity contribution >= 4 is 22.6 Å². The second-order valence-electron chi connectivity index (χ2n) is 5.21. The Morgan fingerprint density at radius 3 is 2.84 bits per heavy atom. The maximum absolute atomic E-state index is 11.9. The lowest BCUT2D eigenvalue weighted by molar-refractivity contribution is 0.244. The summed E-state index contributed by atoms with van der Waals surface area (Å²) in [4.78, 5) is 15.1. The number of urea groups is 1. The summed E-state index contributed by atoms with van der Waals surface area (Å²) < 4.78 is 0. The van der Waals surface area contributed by atoms with Crippen LogP contribution in [0.25, 0.3) is 10.9 Å². The molecule has 2 aromatic rings. The molecule has 0 saturated heterocycles. The van der Waals surface area contributed by atoms with Crippen LogP contribution in [-0.2, 0) is 0 Å². The molecule has 1 heterocycles. The van der Waals surface area contributed by atoms with E-state index in [1.54, 1.807) is 0 Å². The van der Waals surface area contributed by atoms with Gasteiger partial charge in [-0.1, -0.05) is 19.3 Å². The Morgan fingerprint density at radius 1 is 1.16 bits per heavy atom. The standard InChI is InChI=1S/C15H19N3O/c19-15(17-12-4-2-1-3-5-12)18-13-6-7-14-11(10-13)8-9-16-14/h6-10,12,16H,1-5H2,(H2,17,18,19). The van der Waals surface area contributed by atoms with Gasteiger partial charge in [0.1, 0.15) is 0 Å². The van der Waals surface area contributed by atoms with Gasteiger partial charge in [-0.2, -0.15) is 0 Å². The van der Waals surface area contributed by atoms with Gasteiger partial charge in [0.25, 0.3) is 0 Å². The van der Waals surface area contributed by atoms with E-state index in [2.05, 4.69) is 15.6 Å². The van der Waals surface area contributed by atoms with Gasteiger partial charge in [0.2, 0.25) is 0 Å². The first kappa shape index (κ1) is 12.1. The van der Waals surface area contributed by atoms with E-state index in [-0.39, 0.29) is 6.03 Å². The van der Waals surface area contributed by atoms with Crippen molar-refractivity contribution in [3.8, 4) is 0 Å². The smallest absolute Gasteiger partial charge is 0.319 e. The fourth-order valence-electron chi connectivity index (χ4n) is 2.73. The molecule has 0 bridgehead atoms. The molecular formula is C15H19N3O. The number of H-pyrrole nitrogens is 1. The molecule has 1 aliphatic rings. The summed E-state index contributed by atoms with van der Waals surface area (Å²) in [6, 6.07) is 8.11. The van der Waals surface area contributed by atoms with Crippen LogP contribution < -0.4 is 10.6 Å². The number of anilines is 1. The molecule has 0 unspecified atom stereocenters. The number of nitrogens with one attached hydrogen (secondary N) is 3. The molecule has 0 atom stereocenters. The van der Waals surface area contributed by atoms with Gasteiger partial charge in [-0.15, -0.1) is 0 Å². The van der Waals surface area contributed by atoms with E-state index in [0.717, 1.165) is 29.4 Å². The van der Waals surface area contributed by atoms with Crippen LogP contribution >= 0.6 is 0 Å². The minimum atomic E-state index is -0.0956. The van der Waals surface area contributed by atoms with Gasteiger partial charge >= 0.3 is 6.03 Å². The molecule has 4 nitrogen and oxygen atoms in total. The normalized spacial score (nSPS) is 16.4. The first-order chi connectivity index (χ1) is 9.31. The fraction of sp³-hybridized carbons (Fsp3) is 0.400. The predicted octanol–water partition coefficient (Wildman–Crippen LogP) is 3.62. The van der Waals surface area contributed by atoms with Crippen LogP contribution in [0.2, 0.25) is 0 Å². The van der Waals surface area contributed by atoms with E-state index >= 15 is 0 Å². The second kappa shape index (κ2) is 5.34. The van der Waals surface area contributed by atoms with Crippen molar-refractivity contribution in [1.82, 2.24) is 10.3 Å². The number of carbonyl (C=O) groups excluding carboxylic acids is 1. The maximum Gasteiger partial charge on any atom is 0.319 e. The average molecular weight is 257 g/mol. The molecule has 1 aliphatic carbocycles. The van der Waals surface area contributed by atoms with Gasteiger partial charge < -0.3 is 15.6 Å². The monoisotopic (exact) mass is 257 g/mol. The third-order valence-electron chi connectivity index (χ3n) is 3.75. The van der Waals surface area contributed by atoms with Gasteiger partial charge in [-0.3, -0.25) is 0 Å². The van der Waals surface area contributed by atoms with Crippen molar-refractivity contribution in [2.24, 2.45) is 0 Å². The highest BCUT2D eigenvalue weighted by Gasteiger charge is 2.15. The zero-order valence-corrected chi connectivity index (χ0v) is 10.9. The van der Waals surface area contributed by atoms with E-state index in [4.69, 9.17) is 0 Å². The van der Waals surface area contributed by atoms with Crippen molar-refractivity contribution in [3.63, 3.8) is 0 Å². The molecule has 1 aromatic heterocycles. The zero-order chi connectivity index (χ0) is 13.1. The minimum absolute atomic E-state index is 0.0956. The van der Waals surface area contributed by atoms with E-state index in [1.807, 2.05) is 30.5 Å². The number of carbonyl (C=O) groups is 1. The number of benzene rings is 1. The highest BCUT2D eigenvalue weighted by Crippen LogP contribution is 2.19. The highest BCUT2D eigenvalue weighted by atomic mass is 16.2. The van der Waals surface area contributed by atoms with Gasteiger partial charge in [0, 0.05) is 28.8 Å². The van der Waals surface area contributed by atoms with Crippen molar-refractivity contribution in [1.29, 1.82) is 0 Å². The van der Waals surface area contributed by atoms with Crippen LogP contribution in [-0.4, -0.2) is 17.1 Å². The van der Waals surface area contributed by atoms with Gasteiger partial charge in [-0.05, 0) is 37.1 Å². The molecule has 2 amide bonds. The largest absolute Gasteiger partial charge is 0.361 e. The lowest BCUT2D eigenvalue weighted by atomic mass is 9.96. The van der Waals surface area contributed by atoms with Crippen LogP contribution in [0.1, 0.15) is 32.1 Å². The summed E-state index contributed by atoms with van der Waals surface area (Å²) >= 11 is 0. The molecule has 1 fully saturated rings. The molecule has 3 rings (SSSR count). The summed E-state index contributed by atoms with van der Waals surface area (Å²) in [5.41, 5.74) is 1.92. The lowest BCUT2D eigenvalue weighted by Crippen LogP contribution is -2.38. The summed E-state index contributed by atoms with van der Waals surface area (Å²) in [5, 5.41) is 7.07. The molecule has 19 heavy (non-hydrogen) atoms. The SMILES string of the molecule is O=C(Nc1ccc2[nH]ccc2c1)NC1CCCCC1. The number of rotatable bonds is 2. The Hall–Kier alpha value is -1.97. The number of hydrogen-bond acceptors (Lipinski definition) is 1. The van der Waals surface area contributed by atoms with Crippen LogP contribution in [0.5, 0.6) is 0 Å². The molecule has 0 spiro atoms. The maximum atomic E-state index is 11.9. The Labute approximate surface area is 112 Å². The Kier molecular flexibility index (Phi) is 3.40. The molecular weight excluding hydrogens is 238 g/mol. The first-order valence-electron chi connectivity index (χ1n) is 6.96. The van der Waals surface area contributed by atoms with Crippen molar-refractivity contribution < 1.29 is 4.79 Å². The lowest BCUT2D eigenvalue weighted by Gasteiger charge is -2.22. The highest BCUT2D eigenvalue weighted by molar-refractivity contribution is 5.92. The number of hydrogen-bond donors (Lipinski definition) is 3. The van der Waals surface area contributed by atoms with E-state index in [9.17, 15) is 4.79 Å². The molecule has 0 aliphatic heterocycles. The van der Waals surface area contributed by atoms with Gasteiger partial charge in [0.05, 0.1) is 0 Å². The molecule has 1 aromatic carbocycles. The zero-order valence-electron chi connectivity index (χ0n) is 10.9. The van der Waals surface area contributed by atoms with Crippen molar-refractivity contribution in [2.75, 3.05) is 5.32 Å². The fourth-order valence-corrected chi connectivity index (χ4v) is 2.73. The average Bonchev–Trinajstić information content (AvgIpc) is 2.87. The summed E-state index contributed by atoms with van der Waals surface area (Å²) in [5.74, 6) is 0. The molecule has 100 valence electrons. The minimum Gasteiger partial charge on any atom is -0.361 e. The number of fused-ring (bicyclic) bond motifs is 1. The number of amides is 2. The third-order valence-corrected chi connectivity index (χ3v) is 3.75. The van der Waals surface area contributed by atoms with Crippen molar-refractivity contribution in [2.45, 2.75) is 38.1 Å².